The lowest BCUT2D eigenvalue weighted by atomic mass is 10.1. The molecule has 0 aliphatic carbocycles. The molecule has 1 fully saturated rings. The van der Waals surface area contributed by atoms with Gasteiger partial charge in [-0.25, -0.2) is 8.78 Å². The number of amides is 1. The van der Waals surface area contributed by atoms with Crippen LogP contribution in [0, 0.1) is 17.6 Å². The molecule has 1 aromatic carbocycles. The highest BCUT2D eigenvalue weighted by Crippen LogP contribution is 2.21. The highest BCUT2D eigenvalue weighted by molar-refractivity contribution is 5.86. The number of carbonyl (C=O) groups excluding carboxylic acids is 1. The molecule has 1 aromatic rings. The molecule has 1 aliphatic heterocycles. The maximum atomic E-state index is 13.4. The fourth-order valence-electron chi connectivity index (χ4n) is 1.95. The van der Waals surface area contributed by atoms with E-state index in [-0.39, 0.29) is 31.0 Å². The molecule has 18 heavy (non-hydrogen) atoms. The lowest BCUT2D eigenvalue weighted by molar-refractivity contribution is -0.141. The number of aliphatic carboxylic acids is 1. The number of hydrogen-bond acceptors (Lipinski definition) is 2. The van der Waals surface area contributed by atoms with Crippen LogP contribution in [-0.4, -0.2) is 28.4 Å². The predicted octanol–water partition coefficient (Wildman–Crippen LogP) is 1.40. The van der Waals surface area contributed by atoms with Crippen LogP contribution in [0.15, 0.2) is 18.2 Å². The Kier molecular flexibility index (Phi) is 3.27. The average Bonchev–Trinajstić information content (AvgIpc) is 2.64. The van der Waals surface area contributed by atoms with Gasteiger partial charge in [-0.15, -0.1) is 0 Å². The molecule has 4 nitrogen and oxygen atoms in total. The van der Waals surface area contributed by atoms with Crippen LogP contribution in [0.5, 0.6) is 0 Å². The van der Waals surface area contributed by atoms with E-state index >= 15 is 0 Å². The van der Waals surface area contributed by atoms with Gasteiger partial charge < -0.3 is 10.0 Å². The van der Waals surface area contributed by atoms with Crippen LogP contribution in [-0.2, 0) is 16.1 Å². The highest BCUT2D eigenvalue weighted by atomic mass is 19.1. The lowest BCUT2D eigenvalue weighted by Gasteiger charge is -2.16. The average molecular weight is 255 g/mol. The van der Waals surface area contributed by atoms with E-state index in [0.717, 1.165) is 12.1 Å². The van der Waals surface area contributed by atoms with Crippen molar-refractivity contribution in [1.29, 1.82) is 0 Å². The topological polar surface area (TPSA) is 57.6 Å². The van der Waals surface area contributed by atoms with E-state index in [4.69, 9.17) is 5.11 Å². The van der Waals surface area contributed by atoms with E-state index in [0.29, 0.717) is 0 Å². The van der Waals surface area contributed by atoms with Crippen LogP contribution in [0.25, 0.3) is 0 Å². The van der Waals surface area contributed by atoms with Crippen LogP contribution >= 0.6 is 0 Å². The lowest BCUT2D eigenvalue weighted by Crippen LogP contribution is -2.26. The normalized spacial score (nSPS) is 19.3. The number of hydrogen-bond donors (Lipinski definition) is 1. The van der Waals surface area contributed by atoms with Gasteiger partial charge in [0.2, 0.25) is 5.91 Å². The molecule has 6 heteroatoms. The van der Waals surface area contributed by atoms with Crippen LogP contribution in [0.1, 0.15) is 12.0 Å². The second-order valence-corrected chi connectivity index (χ2v) is 4.25. The first-order valence-corrected chi connectivity index (χ1v) is 5.42. The zero-order valence-electron chi connectivity index (χ0n) is 9.40. The molecule has 1 unspecified atom stereocenters. The summed E-state index contributed by atoms with van der Waals surface area (Å²) in [7, 11) is 0. The van der Waals surface area contributed by atoms with E-state index in [9.17, 15) is 18.4 Å². The minimum Gasteiger partial charge on any atom is -0.481 e. The summed E-state index contributed by atoms with van der Waals surface area (Å²) in [6.07, 6.45) is -0.0713. The van der Waals surface area contributed by atoms with Crippen LogP contribution in [0.4, 0.5) is 8.78 Å². The number of carboxylic acids is 1. The van der Waals surface area contributed by atoms with Crippen molar-refractivity contribution in [2.75, 3.05) is 6.54 Å². The molecule has 1 N–H and O–H groups in total. The zero-order valence-corrected chi connectivity index (χ0v) is 9.40. The number of halogens is 2. The van der Waals surface area contributed by atoms with Crippen LogP contribution in [0.3, 0.4) is 0 Å². The summed E-state index contributed by atoms with van der Waals surface area (Å²) in [5.41, 5.74) is 0.177. The Bertz CT molecular complexity index is 504. The van der Waals surface area contributed by atoms with Crippen molar-refractivity contribution in [1.82, 2.24) is 4.90 Å². The number of carbonyl (C=O) groups is 2. The smallest absolute Gasteiger partial charge is 0.308 e. The van der Waals surface area contributed by atoms with Gasteiger partial charge in [-0.3, -0.25) is 9.59 Å². The Balaban J connectivity index is 2.10. The minimum absolute atomic E-state index is 0.0330. The van der Waals surface area contributed by atoms with Gasteiger partial charge in [0.05, 0.1) is 5.92 Å². The fourth-order valence-corrected chi connectivity index (χ4v) is 1.95. The van der Waals surface area contributed by atoms with E-state index in [1.807, 2.05) is 0 Å². The minimum atomic E-state index is -1.04. The molecule has 2 rings (SSSR count). The SMILES string of the molecule is O=C(O)C1CC(=O)N(Cc2ccc(F)cc2F)C1. The second kappa shape index (κ2) is 4.72. The van der Waals surface area contributed by atoms with Crippen LogP contribution in [0.2, 0.25) is 0 Å². The van der Waals surface area contributed by atoms with Gasteiger partial charge in [-0.1, -0.05) is 6.07 Å². The van der Waals surface area contributed by atoms with Crippen molar-refractivity contribution >= 4 is 11.9 Å². The molecule has 1 heterocycles. The van der Waals surface area contributed by atoms with E-state index in [2.05, 4.69) is 0 Å². The summed E-state index contributed by atoms with van der Waals surface area (Å²) in [6, 6.07) is 3.10. The Morgan fingerprint density at radius 1 is 1.44 bits per heavy atom. The monoisotopic (exact) mass is 255 g/mol. The number of nitrogens with zero attached hydrogens (tertiary/aromatic N) is 1. The number of carboxylic acid groups (broad SMARTS) is 1. The number of rotatable bonds is 3. The van der Waals surface area contributed by atoms with Gasteiger partial charge in [-0.2, -0.15) is 0 Å². The Labute approximate surface area is 102 Å². The largest absolute Gasteiger partial charge is 0.481 e. The van der Waals surface area contributed by atoms with Gasteiger partial charge in [0.25, 0.3) is 0 Å². The molecule has 1 amide bonds. The highest BCUT2D eigenvalue weighted by Gasteiger charge is 2.34. The first-order chi connectivity index (χ1) is 8.47. The molecule has 0 bridgehead atoms. The van der Waals surface area contributed by atoms with Gasteiger partial charge in [0.15, 0.2) is 0 Å². The Morgan fingerprint density at radius 3 is 2.72 bits per heavy atom. The summed E-state index contributed by atoms with van der Waals surface area (Å²) in [4.78, 5) is 23.6. The summed E-state index contributed by atoms with van der Waals surface area (Å²) < 4.78 is 26.1. The summed E-state index contributed by atoms with van der Waals surface area (Å²) in [5.74, 6) is -3.54. The zero-order chi connectivity index (χ0) is 13.3. The predicted molar refractivity (Wildman–Crippen MR) is 57.5 cm³/mol. The molecular weight excluding hydrogens is 244 g/mol. The van der Waals surface area contributed by atoms with Crippen molar-refractivity contribution < 1.29 is 23.5 Å². The molecule has 1 saturated heterocycles. The van der Waals surface area contributed by atoms with Crippen LogP contribution < -0.4 is 0 Å². The molecule has 96 valence electrons. The third kappa shape index (κ3) is 2.47. The summed E-state index contributed by atoms with van der Waals surface area (Å²) in [5, 5.41) is 8.80. The maximum absolute atomic E-state index is 13.4. The standard InChI is InChI=1S/C12H11F2NO3/c13-9-2-1-7(10(14)4-9)5-15-6-8(12(17)18)3-11(15)16/h1-2,4,8H,3,5-6H2,(H,17,18). The van der Waals surface area contributed by atoms with Crippen molar-refractivity contribution in [3.8, 4) is 0 Å². The second-order valence-electron chi connectivity index (χ2n) is 4.25. The summed E-state index contributed by atoms with van der Waals surface area (Å²) in [6.45, 7) is 0.0275. The van der Waals surface area contributed by atoms with Crippen molar-refractivity contribution in [3.63, 3.8) is 0 Å². The molecule has 1 aliphatic rings. The molecular formula is C12H11F2NO3. The molecule has 0 saturated carbocycles. The van der Waals surface area contributed by atoms with Crippen molar-refractivity contribution in [2.45, 2.75) is 13.0 Å². The molecule has 0 radical (unpaired) electrons. The third-order valence-electron chi connectivity index (χ3n) is 2.94. The fraction of sp³-hybridized carbons (Fsp3) is 0.333. The Hall–Kier alpha value is -1.98. The number of likely N-dealkylation sites (tertiary alicyclic amines) is 1. The van der Waals surface area contributed by atoms with Gasteiger partial charge in [0.1, 0.15) is 11.6 Å². The molecule has 1 atom stereocenters. The van der Waals surface area contributed by atoms with Gasteiger partial charge >= 0.3 is 5.97 Å². The van der Waals surface area contributed by atoms with E-state index in [1.54, 1.807) is 0 Å². The van der Waals surface area contributed by atoms with Crippen molar-refractivity contribution in [3.05, 3.63) is 35.4 Å². The maximum Gasteiger partial charge on any atom is 0.308 e. The first-order valence-electron chi connectivity index (χ1n) is 5.42. The van der Waals surface area contributed by atoms with Crippen molar-refractivity contribution in [2.24, 2.45) is 5.92 Å². The quantitative estimate of drug-likeness (QED) is 0.888. The van der Waals surface area contributed by atoms with E-state index in [1.165, 1.54) is 11.0 Å². The van der Waals surface area contributed by atoms with Gasteiger partial charge in [-0.05, 0) is 6.07 Å². The summed E-state index contributed by atoms with van der Waals surface area (Å²) >= 11 is 0. The third-order valence-corrected chi connectivity index (χ3v) is 2.94. The molecule has 0 aromatic heterocycles. The number of benzene rings is 1. The van der Waals surface area contributed by atoms with Gasteiger partial charge in [0, 0.05) is 31.1 Å². The van der Waals surface area contributed by atoms with E-state index < -0.39 is 23.5 Å². The first kappa shape index (κ1) is 12.5. The Morgan fingerprint density at radius 2 is 2.17 bits per heavy atom. The molecule has 0 spiro atoms.